The van der Waals surface area contributed by atoms with Crippen molar-refractivity contribution in [2.75, 3.05) is 0 Å². The highest BCUT2D eigenvalue weighted by atomic mass is 14.3. The van der Waals surface area contributed by atoms with Crippen molar-refractivity contribution in [3.63, 3.8) is 0 Å². The zero-order valence-corrected chi connectivity index (χ0v) is 10.4. The Morgan fingerprint density at radius 3 is 2.95 bits per heavy atom. The first-order valence-electron chi connectivity index (χ1n) is 6.76. The highest BCUT2D eigenvalue weighted by Gasteiger charge is 2.25. The fourth-order valence-corrected chi connectivity index (χ4v) is 3.60. The van der Waals surface area contributed by atoms with E-state index in [-0.39, 0.29) is 0 Å². The van der Waals surface area contributed by atoms with Gasteiger partial charge in [0.2, 0.25) is 0 Å². The van der Waals surface area contributed by atoms with Crippen LogP contribution >= 0.6 is 0 Å². The van der Waals surface area contributed by atoms with Gasteiger partial charge in [0.15, 0.2) is 0 Å². The third-order valence-corrected chi connectivity index (χ3v) is 4.41. The molecule has 0 heterocycles. The predicted molar refractivity (Wildman–Crippen MR) is 81.5 cm³/mol. The van der Waals surface area contributed by atoms with Crippen LogP contribution in [0.2, 0.25) is 0 Å². The second kappa shape index (κ2) is 3.16. The molecule has 2 aliphatic rings. The molecule has 5 rings (SSSR count). The Morgan fingerprint density at radius 2 is 1.95 bits per heavy atom. The van der Waals surface area contributed by atoms with E-state index in [1.165, 1.54) is 37.9 Å². The molecule has 2 aliphatic carbocycles. The van der Waals surface area contributed by atoms with Crippen molar-refractivity contribution in [2.24, 2.45) is 0 Å². The summed E-state index contributed by atoms with van der Waals surface area (Å²) < 4.78 is 0. The average Bonchev–Trinajstić information content (AvgIpc) is 2.47. The molecule has 88 valence electrons. The van der Waals surface area contributed by atoms with Crippen molar-refractivity contribution in [1.29, 1.82) is 0 Å². The minimum atomic E-state index is 0.447. The lowest BCUT2D eigenvalue weighted by Gasteiger charge is -2.27. The molecule has 0 fully saturated rings. The normalized spacial score (nSPS) is 19.1. The molecule has 0 saturated carbocycles. The van der Waals surface area contributed by atoms with Gasteiger partial charge in [0.1, 0.15) is 11.3 Å². The van der Waals surface area contributed by atoms with E-state index in [0.717, 1.165) is 0 Å². The maximum Gasteiger partial charge on any atom is 0.113 e. The van der Waals surface area contributed by atoms with Crippen LogP contribution in [0.15, 0.2) is 42.5 Å². The molecule has 0 amide bonds. The molecule has 0 bridgehead atoms. The molecule has 3 aromatic rings. The van der Waals surface area contributed by atoms with Crippen LogP contribution in [-0.4, -0.2) is 0 Å². The van der Waals surface area contributed by atoms with Crippen molar-refractivity contribution < 1.29 is 0 Å². The first-order valence-corrected chi connectivity index (χ1v) is 6.76. The van der Waals surface area contributed by atoms with Crippen LogP contribution < -0.4 is 5.22 Å². The monoisotopic (exact) mass is 240 g/mol. The van der Waals surface area contributed by atoms with Gasteiger partial charge in [-0.05, 0) is 22.4 Å². The van der Waals surface area contributed by atoms with Gasteiger partial charge in [0.05, 0.1) is 5.39 Å². The smallest absolute Gasteiger partial charge is 0.113 e. The number of benzene rings is 3. The summed E-state index contributed by atoms with van der Waals surface area (Å²) >= 11 is 0. The van der Waals surface area contributed by atoms with Crippen molar-refractivity contribution in [3.8, 4) is 0 Å². The average molecular weight is 240 g/mol. The zero-order valence-electron chi connectivity index (χ0n) is 10.4. The second-order valence-corrected chi connectivity index (χ2v) is 5.42. The molecule has 0 nitrogen and oxygen atoms in total. The molecular weight excluding hydrogens is 228 g/mol. The maximum atomic E-state index is 2.34. The quantitative estimate of drug-likeness (QED) is 0.520. The van der Waals surface area contributed by atoms with Gasteiger partial charge in [0, 0.05) is 23.8 Å². The van der Waals surface area contributed by atoms with Crippen LogP contribution in [0.3, 0.4) is 0 Å². The van der Waals surface area contributed by atoms with Crippen molar-refractivity contribution >= 4 is 33.7 Å². The number of allylic oxidation sites excluding steroid dienone is 1. The molecule has 1 atom stereocenters. The van der Waals surface area contributed by atoms with E-state index in [4.69, 9.17) is 0 Å². The minimum absolute atomic E-state index is 0.447. The van der Waals surface area contributed by atoms with Gasteiger partial charge in [-0.2, -0.15) is 0 Å². The van der Waals surface area contributed by atoms with Crippen LogP contribution in [-0.2, 0) is 0 Å². The van der Waals surface area contributed by atoms with E-state index in [1.54, 1.807) is 0 Å². The van der Waals surface area contributed by atoms with E-state index >= 15 is 0 Å². The Morgan fingerprint density at radius 1 is 1.00 bits per heavy atom. The molecular formula is C19H12. The molecule has 0 aliphatic heterocycles. The SMILES string of the molecule is C1=Cc2cc3cccc4ccc5c(c2C([CH+]C=5)[CH-]1)c43. The molecule has 0 aromatic heterocycles. The predicted octanol–water partition coefficient (Wildman–Crippen LogP) is 4.02. The lowest BCUT2D eigenvalue weighted by atomic mass is 9.77. The molecule has 0 spiro atoms. The summed E-state index contributed by atoms with van der Waals surface area (Å²) in [4.78, 5) is 0. The zero-order chi connectivity index (χ0) is 12.4. The van der Waals surface area contributed by atoms with Crippen LogP contribution in [0.1, 0.15) is 17.0 Å². The van der Waals surface area contributed by atoms with Gasteiger partial charge in [-0.15, -0.1) is 0 Å². The summed E-state index contributed by atoms with van der Waals surface area (Å²) in [5.41, 5.74) is 2.87. The summed E-state index contributed by atoms with van der Waals surface area (Å²) in [6.07, 6.45) is 11.3. The molecule has 0 N–H and O–H groups in total. The fourth-order valence-electron chi connectivity index (χ4n) is 3.60. The van der Waals surface area contributed by atoms with E-state index in [0.29, 0.717) is 5.92 Å². The van der Waals surface area contributed by atoms with Crippen molar-refractivity contribution in [3.05, 3.63) is 71.7 Å². The standard InChI is InChI=1S/C19H12/c1-3-12-7-9-14-10-8-13-4-2-6-16-11-15(5-1)17(12)19(14)18(13)16/h1-12H. The first kappa shape index (κ1) is 9.57. The van der Waals surface area contributed by atoms with E-state index < -0.39 is 0 Å². The first-order chi connectivity index (χ1) is 9.42. The summed E-state index contributed by atoms with van der Waals surface area (Å²) in [5.74, 6) is 0.447. The lowest BCUT2D eigenvalue weighted by molar-refractivity contribution is 0.972. The Kier molecular flexibility index (Phi) is 1.59. The molecule has 0 heteroatoms. The third kappa shape index (κ3) is 1.09. The van der Waals surface area contributed by atoms with Crippen LogP contribution in [0.25, 0.3) is 33.7 Å². The van der Waals surface area contributed by atoms with Gasteiger partial charge in [0.25, 0.3) is 0 Å². The number of hydrogen-bond donors (Lipinski definition) is 0. The maximum absolute atomic E-state index is 2.34. The third-order valence-electron chi connectivity index (χ3n) is 4.41. The van der Waals surface area contributed by atoms with Gasteiger partial charge in [-0.1, -0.05) is 29.8 Å². The summed E-state index contributed by atoms with van der Waals surface area (Å²) in [6, 6.07) is 13.4. The molecule has 19 heavy (non-hydrogen) atoms. The largest absolute Gasteiger partial charge is 0.225 e. The molecule has 3 aromatic carbocycles. The van der Waals surface area contributed by atoms with Crippen LogP contribution in [0, 0.1) is 12.8 Å². The van der Waals surface area contributed by atoms with E-state index in [2.05, 4.69) is 67.5 Å². The van der Waals surface area contributed by atoms with E-state index in [9.17, 15) is 0 Å². The van der Waals surface area contributed by atoms with Crippen molar-refractivity contribution in [1.82, 2.24) is 0 Å². The number of rotatable bonds is 0. The molecule has 1 unspecified atom stereocenters. The van der Waals surface area contributed by atoms with E-state index in [1.807, 2.05) is 0 Å². The molecule has 0 radical (unpaired) electrons. The lowest BCUT2D eigenvalue weighted by Crippen LogP contribution is -2.17. The van der Waals surface area contributed by atoms with Gasteiger partial charge < -0.3 is 0 Å². The van der Waals surface area contributed by atoms with Crippen LogP contribution in [0.4, 0.5) is 0 Å². The second-order valence-electron chi connectivity index (χ2n) is 5.42. The number of hydrogen-bond acceptors (Lipinski definition) is 0. The fraction of sp³-hybridized carbons (Fsp3) is 0.0526. The summed E-state index contributed by atoms with van der Waals surface area (Å²) in [5, 5.41) is 6.95. The Bertz CT molecular complexity index is 912. The van der Waals surface area contributed by atoms with Gasteiger partial charge >= 0.3 is 0 Å². The highest BCUT2D eigenvalue weighted by molar-refractivity contribution is 6.13. The summed E-state index contributed by atoms with van der Waals surface area (Å²) in [6.45, 7) is 0. The Hall–Kier alpha value is -2.34. The van der Waals surface area contributed by atoms with Gasteiger partial charge in [-0.3, -0.25) is 0 Å². The minimum Gasteiger partial charge on any atom is -0.225 e. The topological polar surface area (TPSA) is 0 Å². The summed E-state index contributed by atoms with van der Waals surface area (Å²) in [7, 11) is 0. The van der Waals surface area contributed by atoms with Gasteiger partial charge in [-0.25, -0.2) is 18.6 Å². The highest BCUT2D eigenvalue weighted by Crippen LogP contribution is 2.40. The van der Waals surface area contributed by atoms with Crippen LogP contribution in [0.5, 0.6) is 0 Å². The van der Waals surface area contributed by atoms with Crippen molar-refractivity contribution in [2.45, 2.75) is 5.92 Å². The molecule has 0 saturated heterocycles. The Labute approximate surface area is 112 Å². The Balaban J connectivity index is 2.18.